The molecule has 1 heterocycles. The van der Waals surface area contributed by atoms with Gasteiger partial charge in [0.2, 0.25) is 0 Å². The normalized spacial score (nSPS) is 47.7. The average Bonchev–Trinajstić information content (AvgIpc) is 2.92. The van der Waals surface area contributed by atoms with Gasteiger partial charge in [-0.1, -0.05) is 13.8 Å². The molecule has 0 radical (unpaired) electrons. The fourth-order valence-electron chi connectivity index (χ4n) is 4.56. The summed E-state index contributed by atoms with van der Waals surface area (Å²) in [6.07, 6.45) is 4.77. The lowest BCUT2D eigenvalue weighted by Crippen LogP contribution is -2.42. The maximum Gasteiger partial charge on any atom is 0.0583 e. The number of aliphatic hydroxyl groups is 1. The summed E-state index contributed by atoms with van der Waals surface area (Å²) in [6.45, 7) is 8.07. The highest BCUT2D eigenvalue weighted by Crippen LogP contribution is 2.42. The van der Waals surface area contributed by atoms with Crippen LogP contribution in [-0.4, -0.2) is 41.8 Å². The fraction of sp³-hybridized carbons (Fsp3) is 1.00. The minimum Gasteiger partial charge on any atom is -0.393 e. The molecule has 2 saturated carbocycles. The molecule has 0 bridgehead atoms. The summed E-state index contributed by atoms with van der Waals surface area (Å²) in [7, 11) is 0. The molecule has 3 nitrogen and oxygen atoms in total. The lowest BCUT2D eigenvalue weighted by Gasteiger charge is -2.29. The van der Waals surface area contributed by atoms with Gasteiger partial charge in [-0.05, 0) is 42.9 Å². The summed E-state index contributed by atoms with van der Waals surface area (Å²) in [5.74, 6) is 1.97. The van der Waals surface area contributed by atoms with Crippen molar-refractivity contribution in [2.75, 3.05) is 19.6 Å². The number of nitrogens with two attached hydrogens (primary N) is 1. The highest BCUT2D eigenvalue weighted by molar-refractivity contribution is 4.98. The SMILES string of the molecule is CC1(C)CCC(CN2CC3CCC(O)C3C2)C1N. The zero-order valence-corrected chi connectivity index (χ0v) is 11.8. The van der Waals surface area contributed by atoms with E-state index in [1.165, 1.54) is 25.8 Å². The second-order valence-corrected chi connectivity index (χ2v) is 7.60. The number of fused-ring (bicyclic) bond motifs is 1. The third-order valence-electron chi connectivity index (χ3n) is 5.96. The van der Waals surface area contributed by atoms with Crippen LogP contribution in [0.3, 0.4) is 0 Å². The number of rotatable bonds is 2. The van der Waals surface area contributed by atoms with Gasteiger partial charge in [-0.3, -0.25) is 0 Å². The van der Waals surface area contributed by atoms with Crippen molar-refractivity contribution < 1.29 is 5.11 Å². The van der Waals surface area contributed by atoms with Gasteiger partial charge in [-0.15, -0.1) is 0 Å². The van der Waals surface area contributed by atoms with Crippen molar-refractivity contribution in [2.24, 2.45) is 28.9 Å². The Bertz CT molecular complexity index is 318. The highest BCUT2D eigenvalue weighted by Gasteiger charge is 2.44. The van der Waals surface area contributed by atoms with Crippen LogP contribution in [0, 0.1) is 23.2 Å². The van der Waals surface area contributed by atoms with Crippen molar-refractivity contribution in [3.63, 3.8) is 0 Å². The van der Waals surface area contributed by atoms with E-state index in [1.54, 1.807) is 0 Å². The van der Waals surface area contributed by atoms with Crippen LogP contribution in [0.2, 0.25) is 0 Å². The lowest BCUT2D eigenvalue weighted by molar-refractivity contribution is 0.121. The van der Waals surface area contributed by atoms with E-state index in [0.717, 1.165) is 25.4 Å². The van der Waals surface area contributed by atoms with E-state index in [4.69, 9.17) is 5.73 Å². The van der Waals surface area contributed by atoms with Gasteiger partial charge in [0.15, 0.2) is 0 Å². The molecule has 0 aromatic heterocycles. The molecule has 3 aliphatic rings. The minimum atomic E-state index is -0.0336. The van der Waals surface area contributed by atoms with E-state index in [-0.39, 0.29) is 6.10 Å². The highest BCUT2D eigenvalue weighted by atomic mass is 16.3. The monoisotopic (exact) mass is 252 g/mol. The van der Waals surface area contributed by atoms with Crippen LogP contribution >= 0.6 is 0 Å². The molecule has 3 heteroatoms. The Morgan fingerprint density at radius 3 is 2.61 bits per heavy atom. The predicted octanol–water partition coefficient (Wildman–Crippen LogP) is 1.45. The van der Waals surface area contributed by atoms with Crippen molar-refractivity contribution in [1.82, 2.24) is 4.90 Å². The Labute approximate surface area is 111 Å². The van der Waals surface area contributed by atoms with E-state index >= 15 is 0 Å². The van der Waals surface area contributed by atoms with Crippen LogP contribution in [0.15, 0.2) is 0 Å². The summed E-state index contributed by atoms with van der Waals surface area (Å²) in [5, 5.41) is 9.96. The number of likely N-dealkylation sites (tertiary alicyclic amines) is 1. The number of aliphatic hydroxyl groups excluding tert-OH is 1. The molecule has 5 unspecified atom stereocenters. The molecule has 3 N–H and O–H groups in total. The molecule has 2 aliphatic carbocycles. The minimum absolute atomic E-state index is 0.0336. The van der Waals surface area contributed by atoms with Crippen LogP contribution in [0.5, 0.6) is 0 Å². The molecule has 0 aromatic rings. The smallest absolute Gasteiger partial charge is 0.0583 e. The topological polar surface area (TPSA) is 49.5 Å². The molecular weight excluding hydrogens is 224 g/mol. The van der Waals surface area contributed by atoms with E-state index in [0.29, 0.717) is 23.3 Å². The number of nitrogens with zero attached hydrogens (tertiary/aromatic N) is 1. The first-order valence-electron chi connectivity index (χ1n) is 7.63. The first-order chi connectivity index (χ1) is 8.47. The molecular formula is C15H28N2O. The zero-order valence-electron chi connectivity index (χ0n) is 11.8. The molecule has 1 saturated heterocycles. The van der Waals surface area contributed by atoms with Crippen molar-refractivity contribution >= 4 is 0 Å². The zero-order chi connectivity index (χ0) is 12.9. The predicted molar refractivity (Wildman–Crippen MR) is 73.1 cm³/mol. The molecule has 0 aromatic carbocycles. The van der Waals surface area contributed by atoms with Gasteiger partial charge >= 0.3 is 0 Å². The van der Waals surface area contributed by atoms with E-state index in [9.17, 15) is 5.11 Å². The van der Waals surface area contributed by atoms with Gasteiger partial charge in [0.1, 0.15) is 0 Å². The molecule has 104 valence electrons. The third kappa shape index (κ3) is 2.10. The van der Waals surface area contributed by atoms with E-state index in [2.05, 4.69) is 18.7 Å². The fourth-order valence-corrected chi connectivity index (χ4v) is 4.56. The summed E-state index contributed by atoms with van der Waals surface area (Å²) in [5.41, 5.74) is 6.72. The second-order valence-electron chi connectivity index (χ2n) is 7.60. The Morgan fingerprint density at radius 2 is 2.00 bits per heavy atom. The third-order valence-corrected chi connectivity index (χ3v) is 5.96. The largest absolute Gasteiger partial charge is 0.393 e. The number of hydrogen-bond acceptors (Lipinski definition) is 3. The average molecular weight is 252 g/mol. The summed E-state index contributed by atoms with van der Waals surface area (Å²) in [6, 6.07) is 0.350. The first kappa shape index (κ1) is 12.9. The quantitative estimate of drug-likeness (QED) is 0.782. The molecule has 3 rings (SSSR count). The van der Waals surface area contributed by atoms with Gasteiger partial charge in [-0.2, -0.15) is 0 Å². The van der Waals surface area contributed by atoms with Crippen molar-refractivity contribution in [3.05, 3.63) is 0 Å². The van der Waals surface area contributed by atoms with Crippen molar-refractivity contribution in [1.29, 1.82) is 0 Å². The van der Waals surface area contributed by atoms with Gasteiger partial charge in [-0.25, -0.2) is 0 Å². The van der Waals surface area contributed by atoms with E-state index in [1.807, 2.05) is 0 Å². The molecule has 18 heavy (non-hydrogen) atoms. The van der Waals surface area contributed by atoms with Crippen molar-refractivity contribution in [2.45, 2.75) is 51.7 Å². The Kier molecular flexibility index (Phi) is 3.20. The summed E-state index contributed by atoms with van der Waals surface area (Å²) >= 11 is 0. The second kappa shape index (κ2) is 4.46. The molecule has 1 aliphatic heterocycles. The molecule has 5 atom stereocenters. The van der Waals surface area contributed by atoms with Crippen LogP contribution < -0.4 is 5.73 Å². The van der Waals surface area contributed by atoms with Gasteiger partial charge in [0, 0.05) is 31.6 Å². The van der Waals surface area contributed by atoms with Gasteiger partial charge in [0.05, 0.1) is 6.10 Å². The van der Waals surface area contributed by atoms with Gasteiger partial charge in [0.25, 0.3) is 0 Å². The molecule has 0 amide bonds. The Morgan fingerprint density at radius 1 is 1.22 bits per heavy atom. The molecule has 3 fully saturated rings. The molecule has 0 spiro atoms. The maximum absolute atomic E-state index is 9.96. The summed E-state index contributed by atoms with van der Waals surface area (Å²) < 4.78 is 0. The Hall–Kier alpha value is -0.120. The van der Waals surface area contributed by atoms with Crippen molar-refractivity contribution in [3.8, 4) is 0 Å². The van der Waals surface area contributed by atoms with Crippen LogP contribution in [0.1, 0.15) is 39.5 Å². The summed E-state index contributed by atoms with van der Waals surface area (Å²) in [4.78, 5) is 2.57. The van der Waals surface area contributed by atoms with Crippen LogP contribution in [-0.2, 0) is 0 Å². The maximum atomic E-state index is 9.96. The van der Waals surface area contributed by atoms with Crippen LogP contribution in [0.25, 0.3) is 0 Å². The first-order valence-corrected chi connectivity index (χ1v) is 7.63. The Balaban J connectivity index is 1.56. The standard InChI is InChI=1S/C15H28N2O/c1-15(2)6-5-11(14(15)16)8-17-7-10-3-4-13(18)12(10)9-17/h10-14,18H,3-9,16H2,1-2H3. The van der Waals surface area contributed by atoms with Crippen LogP contribution in [0.4, 0.5) is 0 Å². The number of hydrogen-bond donors (Lipinski definition) is 2. The lowest BCUT2D eigenvalue weighted by atomic mass is 9.85. The van der Waals surface area contributed by atoms with Gasteiger partial charge < -0.3 is 15.7 Å². The van der Waals surface area contributed by atoms with E-state index < -0.39 is 0 Å².